The van der Waals surface area contributed by atoms with Gasteiger partial charge in [0, 0.05) is 12.3 Å². The number of likely N-dealkylation sites (N-methyl/N-ethyl adjacent to an activating group) is 1. The summed E-state index contributed by atoms with van der Waals surface area (Å²) >= 11 is 0. The smallest absolute Gasteiger partial charge is 0.302 e. The Balaban J connectivity index is 1.97. The summed E-state index contributed by atoms with van der Waals surface area (Å²) in [7, 11) is 1.78. The summed E-state index contributed by atoms with van der Waals surface area (Å²) in [5, 5.41) is 12.3. The molecule has 92 valence electrons. The van der Waals surface area contributed by atoms with E-state index in [1.54, 1.807) is 17.8 Å². The highest BCUT2D eigenvalue weighted by Gasteiger charge is 2.50. The Labute approximate surface area is 97.0 Å². The van der Waals surface area contributed by atoms with Crippen LogP contribution in [-0.4, -0.2) is 46.6 Å². The van der Waals surface area contributed by atoms with E-state index in [9.17, 15) is 9.90 Å². The molecule has 0 radical (unpaired) electrons. The zero-order valence-corrected chi connectivity index (χ0v) is 9.24. The van der Waals surface area contributed by atoms with Gasteiger partial charge in [-0.2, -0.15) is 4.98 Å². The predicted octanol–water partition coefficient (Wildman–Crippen LogP) is -1.52. The van der Waals surface area contributed by atoms with Gasteiger partial charge in [0.15, 0.2) is 12.3 Å². The molecule has 0 saturated carbocycles. The second-order valence-electron chi connectivity index (χ2n) is 4.10. The van der Waals surface area contributed by atoms with Gasteiger partial charge >= 0.3 is 6.01 Å². The molecule has 1 aromatic rings. The maximum atomic E-state index is 11.1. The fourth-order valence-electron chi connectivity index (χ4n) is 2.39. The lowest BCUT2D eigenvalue weighted by Gasteiger charge is -2.18. The standard InChI is InChI=1S/C10H13N3O4/c1-11-7-5(4-14)16-9-8(7)17-10-12-6(15)2-3-13(9)10/h2-3,5,7-9,11,14H,4H2,1H3/t5-,7-,8+,9-/m1/s1. The van der Waals surface area contributed by atoms with Gasteiger partial charge in [-0.25, -0.2) is 0 Å². The maximum absolute atomic E-state index is 11.1. The summed E-state index contributed by atoms with van der Waals surface area (Å²) in [6, 6.07) is 1.50. The average molecular weight is 239 g/mol. The van der Waals surface area contributed by atoms with Crippen LogP contribution in [-0.2, 0) is 4.74 Å². The van der Waals surface area contributed by atoms with E-state index in [0.29, 0.717) is 0 Å². The van der Waals surface area contributed by atoms with E-state index >= 15 is 0 Å². The van der Waals surface area contributed by atoms with Crippen molar-refractivity contribution in [1.82, 2.24) is 14.9 Å². The van der Waals surface area contributed by atoms with Crippen molar-refractivity contribution in [3.05, 3.63) is 22.6 Å². The Hall–Kier alpha value is -1.44. The minimum atomic E-state index is -0.340. The number of hydrogen-bond acceptors (Lipinski definition) is 6. The Morgan fingerprint density at radius 2 is 2.47 bits per heavy atom. The summed E-state index contributed by atoms with van der Waals surface area (Å²) in [6.45, 7) is -0.0785. The number of aliphatic hydroxyl groups excluding tert-OH is 1. The Morgan fingerprint density at radius 3 is 3.18 bits per heavy atom. The van der Waals surface area contributed by atoms with E-state index in [-0.39, 0.29) is 42.7 Å². The molecule has 3 heterocycles. The summed E-state index contributed by atoms with van der Waals surface area (Å²) in [6.07, 6.45) is 0.670. The van der Waals surface area contributed by atoms with E-state index in [4.69, 9.17) is 9.47 Å². The molecule has 1 fully saturated rings. The van der Waals surface area contributed by atoms with Gasteiger partial charge in [0.25, 0.3) is 5.56 Å². The molecule has 2 aliphatic heterocycles. The molecule has 1 saturated heterocycles. The van der Waals surface area contributed by atoms with Crippen LogP contribution in [0.5, 0.6) is 6.01 Å². The normalized spacial score (nSPS) is 34.2. The summed E-state index contributed by atoms with van der Waals surface area (Å²) in [4.78, 5) is 14.9. The van der Waals surface area contributed by atoms with Crippen molar-refractivity contribution in [2.75, 3.05) is 13.7 Å². The second-order valence-corrected chi connectivity index (χ2v) is 4.10. The number of nitrogens with one attached hydrogen (secondary N) is 1. The quantitative estimate of drug-likeness (QED) is 0.652. The van der Waals surface area contributed by atoms with Crippen molar-refractivity contribution >= 4 is 0 Å². The van der Waals surface area contributed by atoms with Crippen molar-refractivity contribution in [1.29, 1.82) is 0 Å². The van der Waals surface area contributed by atoms with Crippen molar-refractivity contribution in [3.63, 3.8) is 0 Å². The number of aromatic nitrogens is 2. The van der Waals surface area contributed by atoms with Crippen LogP contribution in [0.1, 0.15) is 6.23 Å². The number of rotatable bonds is 2. The third kappa shape index (κ3) is 1.47. The second kappa shape index (κ2) is 3.80. The summed E-state index contributed by atoms with van der Waals surface area (Å²) in [5.41, 5.74) is -0.337. The molecular formula is C10H13N3O4. The lowest BCUT2D eigenvalue weighted by Crippen LogP contribution is -2.45. The topological polar surface area (TPSA) is 85.6 Å². The zero-order chi connectivity index (χ0) is 12.0. The number of fused-ring (bicyclic) bond motifs is 3. The molecule has 1 aromatic heterocycles. The molecule has 0 bridgehead atoms. The average Bonchev–Trinajstić information content (AvgIpc) is 2.82. The van der Waals surface area contributed by atoms with Gasteiger partial charge in [-0.05, 0) is 7.05 Å². The molecule has 0 aromatic carbocycles. The Kier molecular flexibility index (Phi) is 2.39. The number of ether oxygens (including phenoxy) is 2. The third-order valence-corrected chi connectivity index (χ3v) is 3.18. The van der Waals surface area contributed by atoms with Crippen LogP contribution in [0.15, 0.2) is 17.1 Å². The first-order valence-corrected chi connectivity index (χ1v) is 5.44. The molecule has 3 rings (SSSR count). The van der Waals surface area contributed by atoms with Crippen LogP contribution in [0, 0.1) is 0 Å². The van der Waals surface area contributed by atoms with Crippen molar-refractivity contribution in [2.24, 2.45) is 0 Å². The number of aliphatic hydroxyl groups is 1. The number of hydrogen-bond donors (Lipinski definition) is 2. The van der Waals surface area contributed by atoms with Gasteiger partial charge in [0.2, 0.25) is 0 Å². The molecule has 2 aliphatic rings. The lowest BCUT2D eigenvalue weighted by atomic mass is 10.1. The van der Waals surface area contributed by atoms with Gasteiger partial charge in [-0.1, -0.05) is 0 Å². The third-order valence-electron chi connectivity index (χ3n) is 3.18. The monoisotopic (exact) mass is 239 g/mol. The van der Waals surface area contributed by atoms with Crippen molar-refractivity contribution < 1.29 is 14.6 Å². The first-order chi connectivity index (χ1) is 8.24. The SMILES string of the molecule is CN[C@H]1[C@@H]2Oc3nc(=O)ccn3[C@@H]2O[C@@H]1CO. The van der Waals surface area contributed by atoms with Crippen LogP contribution in [0.4, 0.5) is 0 Å². The van der Waals surface area contributed by atoms with E-state index in [2.05, 4.69) is 10.3 Å². The van der Waals surface area contributed by atoms with Gasteiger partial charge in [0.1, 0.15) is 6.10 Å². The molecule has 7 nitrogen and oxygen atoms in total. The molecule has 4 atom stereocenters. The highest BCUT2D eigenvalue weighted by atomic mass is 16.6. The van der Waals surface area contributed by atoms with Gasteiger partial charge < -0.3 is 19.9 Å². The van der Waals surface area contributed by atoms with Gasteiger partial charge in [0.05, 0.1) is 12.6 Å². The molecule has 2 N–H and O–H groups in total. The van der Waals surface area contributed by atoms with Crippen molar-refractivity contribution in [3.8, 4) is 6.01 Å². The first kappa shape index (κ1) is 10.7. The molecular weight excluding hydrogens is 226 g/mol. The number of nitrogens with zero attached hydrogens (tertiary/aromatic N) is 2. The summed E-state index contributed by atoms with van der Waals surface area (Å²) in [5.74, 6) is 0. The van der Waals surface area contributed by atoms with Crippen LogP contribution >= 0.6 is 0 Å². The Morgan fingerprint density at radius 1 is 1.65 bits per heavy atom. The van der Waals surface area contributed by atoms with Crippen LogP contribution in [0.25, 0.3) is 0 Å². The van der Waals surface area contributed by atoms with E-state index < -0.39 is 0 Å². The zero-order valence-electron chi connectivity index (χ0n) is 9.24. The molecule has 0 amide bonds. The van der Waals surface area contributed by atoms with E-state index in [0.717, 1.165) is 0 Å². The lowest BCUT2D eigenvalue weighted by molar-refractivity contribution is -0.0280. The minimum Gasteiger partial charge on any atom is -0.455 e. The molecule has 7 heteroatoms. The highest BCUT2D eigenvalue weighted by Crippen LogP contribution is 2.38. The molecule has 0 unspecified atom stereocenters. The fraction of sp³-hybridized carbons (Fsp3) is 0.600. The van der Waals surface area contributed by atoms with E-state index in [1.165, 1.54) is 6.07 Å². The fourth-order valence-corrected chi connectivity index (χ4v) is 2.39. The highest BCUT2D eigenvalue weighted by molar-refractivity contribution is 5.12. The maximum Gasteiger partial charge on any atom is 0.302 e. The first-order valence-electron chi connectivity index (χ1n) is 5.44. The predicted molar refractivity (Wildman–Crippen MR) is 56.8 cm³/mol. The van der Waals surface area contributed by atoms with Gasteiger partial charge in [-0.15, -0.1) is 0 Å². The molecule has 17 heavy (non-hydrogen) atoms. The van der Waals surface area contributed by atoms with Crippen molar-refractivity contribution in [2.45, 2.75) is 24.5 Å². The van der Waals surface area contributed by atoms with Crippen LogP contribution < -0.4 is 15.6 Å². The Bertz CT molecular complexity index is 489. The van der Waals surface area contributed by atoms with Crippen LogP contribution in [0.2, 0.25) is 0 Å². The minimum absolute atomic E-state index is 0.0785. The van der Waals surface area contributed by atoms with Gasteiger partial charge in [-0.3, -0.25) is 9.36 Å². The summed E-state index contributed by atoms with van der Waals surface area (Å²) < 4.78 is 13.0. The molecule has 0 aliphatic carbocycles. The molecule has 0 spiro atoms. The largest absolute Gasteiger partial charge is 0.455 e. The van der Waals surface area contributed by atoms with E-state index in [1.807, 2.05) is 0 Å². The van der Waals surface area contributed by atoms with Crippen LogP contribution in [0.3, 0.4) is 0 Å².